The Kier molecular flexibility index (Phi) is 5.39. The highest BCUT2D eigenvalue weighted by Crippen LogP contribution is 1.90. The Hall–Kier alpha value is -0.888. The molecule has 4 nitrogen and oxygen atoms in total. The van der Waals surface area contributed by atoms with Gasteiger partial charge in [0.05, 0.1) is 0 Å². The van der Waals surface area contributed by atoms with E-state index >= 15 is 0 Å². The molecule has 0 amide bonds. The molecule has 0 fully saturated rings. The quantitative estimate of drug-likeness (QED) is 0.546. The van der Waals surface area contributed by atoms with Crippen LogP contribution in [0.2, 0.25) is 0 Å². The van der Waals surface area contributed by atoms with E-state index in [1.165, 1.54) is 12.3 Å². The molecule has 1 aromatic heterocycles. The van der Waals surface area contributed by atoms with Crippen molar-refractivity contribution in [2.75, 3.05) is 0 Å². The topological polar surface area (TPSA) is 70.4 Å². The molecule has 2 N–H and O–H groups in total. The highest BCUT2D eigenvalue weighted by Gasteiger charge is 1.98. The molecule has 0 bridgehead atoms. The second kappa shape index (κ2) is 5.86. The van der Waals surface area contributed by atoms with Crippen molar-refractivity contribution in [3.05, 3.63) is 30.1 Å². The first-order valence-corrected chi connectivity index (χ1v) is 3.79. The molecule has 58 valence electrons. The Morgan fingerprint density at radius 2 is 2.09 bits per heavy atom. The molecule has 0 aliphatic carbocycles. The zero-order chi connectivity index (χ0) is 8.69. The van der Waals surface area contributed by atoms with Gasteiger partial charge in [-0.2, -0.15) is 0 Å². The predicted molar refractivity (Wildman–Crippen MR) is 42.0 cm³/mol. The van der Waals surface area contributed by atoms with Gasteiger partial charge in [0.2, 0.25) is 0 Å². The van der Waals surface area contributed by atoms with Crippen LogP contribution in [0.25, 0.3) is 0 Å². The van der Waals surface area contributed by atoms with E-state index in [9.17, 15) is 4.79 Å². The Bertz CT molecular complexity index is 214. The molecule has 0 aliphatic rings. The lowest BCUT2D eigenvalue weighted by Crippen LogP contribution is -1.97. The number of rotatable bonds is 1. The lowest BCUT2D eigenvalue weighted by molar-refractivity contribution is 0.0690. The SMILES string of the molecule is O=C(O)c1ccccn1.[OH][AlH2]. The fourth-order valence-electron chi connectivity index (χ4n) is 0.489. The van der Waals surface area contributed by atoms with E-state index in [1.807, 2.05) is 0 Å². The van der Waals surface area contributed by atoms with Gasteiger partial charge in [0.25, 0.3) is 0 Å². The third-order valence-corrected chi connectivity index (χ3v) is 0.884. The van der Waals surface area contributed by atoms with Gasteiger partial charge in [0.15, 0.2) is 0 Å². The van der Waals surface area contributed by atoms with E-state index in [0.29, 0.717) is 16.6 Å². The summed E-state index contributed by atoms with van der Waals surface area (Å²) in [6.45, 7) is 0. The average Bonchev–Trinajstić information content (AvgIpc) is 2.10. The van der Waals surface area contributed by atoms with Crippen LogP contribution in [-0.2, 0) is 0 Å². The molecule has 0 radical (unpaired) electrons. The minimum Gasteiger partial charge on any atom is -0.521 e. The number of carboxylic acid groups (broad SMARTS) is 1. The number of carboxylic acids is 1. The summed E-state index contributed by atoms with van der Waals surface area (Å²) in [7, 11) is 0. The maximum absolute atomic E-state index is 10.1. The number of aromatic carboxylic acids is 1. The van der Waals surface area contributed by atoms with E-state index < -0.39 is 5.97 Å². The number of carbonyl (C=O) groups is 1. The smallest absolute Gasteiger partial charge is 0.407 e. The molecule has 1 aromatic rings. The number of nitrogens with zero attached hydrogens (tertiary/aromatic N) is 1. The molecule has 0 aliphatic heterocycles. The summed E-state index contributed by atoms with van der Waals surface area (Å²) < 4.78 is 7.14. The first-order valence-electron chi connectivity index (χ1n) is 2.90. The average molecular weight is 169 g/mol. The van der Waals surface area contributed by atoms with Crippen LogP contribution in [-0.4, -0.2) is 36.8 Å². The van der Waals surface area contributed by atoms with Gasteiger partial charge in [0.1, 0.15) is 5.69 Å². The number of hydrogen-bond acceptors (Lipinski definition) is 3. The molecular weight excluding hydrogens is 161 g/mol. The van der Waals surface area contributed by atoms with Crippen molar-refractivity contribution in [3.8, 4) is 0 Å². The lowest BCUT2D eigenvalue weighted by Gasteiger charge is -1.87. The van der Waals surface area contributed by atoms with Gasteiger partial charge in [-0.1, -0.05) is 6.07 Å². The van der Waals surface area contributed by atoms with Crippen LogP contribution in [0.4, 0.5) is 0 Å². The number of hydrogen-bond donors (Lipinski definition) is 2. The molecule has 0 saturated heterocycles. The van der Waals surface area contributed by atoms with Crippen molar-refractivity contribution in [1.29, 1.82) is 0 Å². The highest BCUT2D eigenvalue weighted by atomic mass is 27.1. The fourth-order valence-corrected chi connectivity index (χ4v) is 0.489. The summed E-state index contributed by atoms with van der Waals surface area (Å²) in [4.78, 5) is 13.7. The van der Waals surface area contributed by atoms with Crippen LogP contribution < -0.4 is 0 Å². The maximum atomic E-state index is 10.1. The van der Waals surface area contributed by atoms with Gasteiger partial charge >= 0.3 is 22.6 Å². The van der Waals surface area contributed by atoms with Crippen LogP contribution in [0.3, 0.4) is 0 Å². The minimum atomic E-state index is -0.990. The lowest BCUT2D eigenvalue weighted by atomic mass is 10.4. The molecular formula is C6H8AlNO3. The molecule has 11 heavy (non-hydrogen) atoms. The molecule has 0 atom stereocenters. The molecule has 5 heteroatoms. The van der Waals surface area contributed by atoms with Crippen molar-refractivity contribution in [3.63, 3.8) is 0 Å². The fraction of sp³-hybridized carbons (Fsp3) is 0. The summed E-state index contributed by atoms with van der Waals surface area (Å²) in [6, 6.07) is 4.76. The highest BCUT2D eigenvalue weighted by molar-refractivity contribution is 5.95. The van der Waals surface area contributed by atoms with Gasteiger partial charge in [-0.05, 0) is 12.1 Å². The largest absolute Gasteiger partial charge is 0.521 e. The zero-order valence-electron chi connectivity index (χ0n) is 6.06. The van der Waals surface area contributed by atoms with Gasteiger partial charge in [-0.15, -0.1) is 0 Å². The first kappa shape index (κ1) is 10.1. The monoisotopic (exact) mass is 169 g/mol. The predicted octanol–water partition coefficient (Wildman–Crippen LogP) is -0.693. The zero-order valence-corrected chi connectivity index (χ0v) is 8.06. The van der Waals surface area contributed by atoms with Gasteiger partial charge < -0.3 is 9.26 Å². The summed E-state index contributed by atoms with van der Waals surface area (Å²) in [5.74, 6) is -0.990. The van der Waals surface area contributed by atoms with E-state index in [1.54, 1.807) is 12.1 Å². The van der Waals surface area contributed by atoms with Crippen molar-refractivity contribution in [1.82, 2.24) is 4.98 Å². The van der Waals surface area contributed by atoms with E-state index in [2.05, 4.69) is 4.98 Å². The summed E-state index contributed by atoms with van der Waals surface area (Å²) in [5, 5.41) is 8.32. The van der Waals surface area contributed by atoms with Crippen molar-refractivity contribution >= 4 is 22.6 Å². The molecule has 0 aromatic carbocycles. The summed E-state index contributed by atoms with van der Waals surface area (Å²) >= 11 is 0.306. The Balaban J connectivity index is 0.000000461. The molecule has 0 unspecified atom stereocenters. The molecule has 0 spiro atoms. The maximum Gasteiger partial charge on any atom is 0.407 e. The minimum absolute atomic E-state index is 0.0810. The van der Waals surface area contributed by atoms with Gasteiger partial charge in [0, 0.05) is 6.20 Å². The molecule has 0 saturated carbocycles. The normalized spacial score (nSPS) is 7.73. The van der Waals surface area contributed by atoms with Gasteiger partial charge in [-0.3, -0.25) is 0 Å². The first-order chi connectivity index (χ1) is 5.30. The van der Waals surface area contributed by atoms with E-state index in [-0.39, 0.29) is 5.69 Å². The van der Waals surface area contributed by atoms with Crippen LogP contribution in [0.15, 0.2) is 24.4 Å². The van der Waals surface area contributed by atoms with Crippen LogP contribution >= 0.6 is 0 Å². The van der Waals surface area contributed by atoms with Crippen molar-refractivity contribution in [2.45, 2.75) is 0 Å². The Labute approximate surface area is 72.3 Å². The number of pyridine rings is 1. The number of aromatic nitrogens is 1. The summed E-state index contributed by atoms with van der Waals surface area (Å²) in [6.07, 6.45) is 1.45. The summed E-state index contributed by atoms with van der Waals surface area (Å²) in [5.41, 5.74) is 0.0810. The van der Waals surface area contributed by atoms with Crippen molar-refractivity contribution in [2.24, 2.45) is 0 Å². The second-order valence-electron chi connectivity index (χ2n) is 1.52. The molecule has 1 rings (SSSR count). The molecule has 1 heterocycles. The standard InChI is InChI=1S/C6H5NO2.Al.H2O.2H/c8-6(9)5-3-1-2-4-7-5;;;;/h1-4H,(H,8,9);;1H2;;/q;+1;;;/p-1. The third-order valence-electron chi connectivity index (χ3n) is 0.884. The van der Waals surface area contributed by atoms with Gasteiger partial charge in [-0.25, -0.2) is 9.78 Å². The Morgan fingerprint density at radius 3 is 2.36 bits per heavy atom. The third kappa shape index (κ3) is 3.73. The van der Waals surface area contributed by atoms with Crippen LogP contribution in [0, 0.1) is 0 Å². The van der Waals surface area contributed by atoms with Crippen molar-refractivity contribution < 1.29 is 14.1 Å². The van der Waals surface area contributed by atoms with Crippen LogP contribution in [0.5, 0.6) is 0 Å². The second-order valence-corrected chi connectivity index (χ2v) is 1.52. The Morgan fingerprint density at radius 1 is 1.45 bits per heavy atom. The van der Waals surface area contributed by atoms with E-state index in [4.69, 9.17) is 9.26 Å². The van der Waals surface area contributed by atoms with Crippen LogP contribution in [0.1, 0.15) is 10.5 Å². The van der Waals surface area contributed by atoms with E-state index in [0.717, 1.165) is 0 Å².